The van der Waals surface area contributed by atoms with E-state index in [1.54, 1.807) is 0 Å². The topological polar surface area (TPSA) is 63.2 Å². The smallest absolute Gasteiger partial charge is 0.236 e. The van der Waals surface area contributed by atoms with Crippen molar-refractivity contribution in [2.45, 2.75) is 33.6 Å². The highest BCUT2D eigenvalue weighted by Crippen LogP contribution is 2.28. The van der Waals surface area contributed by atoms with Crippen molar-refractivity contribution in [3.8, 4) is 0 Å². The number of sulfonamides is 1. The highest BCUT2D eigenvalue weighted by atomic mass is 32.2. The molecule has 1 atom stereocenters. The van der Waals surface area contributed by atoms with Gasteiger partial charge in [0.1, 0.15) is 0 Å². The second kappa shape index (κ2) is 3.53. The molecule has 0 aromatic heterocycles. The van der Waals surface area contributed by atoms with E-state index in [1.807, 2.05) is 20.8 Å². The molecule has 5 heteroatoms. The number of hydrogen-bond acceptors (Lipinski definition) is 3. The zero-order valence-electron chi connectivity index (χ0n) is 8.83. The molecule has 4 nitrogen and oxygen atoms in total. The molecule has 0 bridgehead atoms. The quantitative estimate of drug-likeness (QED) is 0.712. The van der Waals surface area contributed by atoms with E-state index < -0.39 is 10.0 Å². The standard InChI is InChI=1S/C9H17NO3S/c1-9(2,3)6-7-4-5-14(12,13)10-8(7)11/h7H,4-6H2,1-3H3,(H,10,11). The van der Waals surface area contributed by atoms with Gasteiger partial charge in [-0.1, -0.05) is 20.8 Å². The predicted molar refractivity (Wildman–Crippen MR) is 54.1 cm³/mol. The van der Waals surface area contributed by atoms with Crippen LogP contribution in [-0.4, -0.2) is 20.1 Å². The fourth-order valence-electron chi connectivity index (χ4n) is 1.65. The van der Waals surface area contributed by atoms with Crippen LogP contribution in [0.15, 0.2) is 0 Å². The largest absolute Gasteiger partial charge is 0.274 e. The average molecular weight is 219 g/mol. The van der Waals surface area contributed by atoms with Gasteiger partial charge >= 0.3 is 0 Å². The van der Waals surface area contributed by atoms with Crippen LogP contribution in [0.3, 0.4) is 0 Å². The van der Waals surface area contributed by atoms with Crippen molar-refractivity contribution in [2.24, 2.45) is 11.3 Å². The Kier molecular flexibility index (Phi) is 2.90. The van der Waals surface area contributed by atoms with Crippen molar-refractivity contribution in [1.29, 1.82) is 0 Å². The fraction of sp³-hybridized carbons (Fsp3) is 0.889. The summed E-state index contributed by atoms with van der Waals surface area (Å²) in [4.78, 5) is 11.4. The lowest BCUT2D eigenvalue weighted by molar-refractivity contribution is -0.124. The summed E-state index contributed by atoms with van der Waals surface area (Å²) in [6.07, 6.45) is 1.18. The number of nitrogens with one attached hydrogen (secondary N) is 1. The van der Waals surface area contributed by atoms with Gasteiger partial charge in [-0.2, -0.15) is 0 Å². The van der Waals surface area contributed by atoms with Crippen molar-refractivity contribution in [1.82, 2.24) is 4.72 Å². The normalized spacial score (nSPS) is 27.1. The van der Waals surface area contributed by atoms with Crippen LogP contribution in [0.2, 0.25) is 0 Å². The Morgan fingerprint density at radius 3 is 2.43 bits per heavy atom. The van der Waals surface area contributed by atoms with E-state index in [2.05, 4.69) is 4.72 Å². The molecule has 1 aliphatic heterocycles. The van der Waals surface area contributed by atoms with Gasteiger partial charge in [-0.15, -0.1) is 0 Å². The van der Waals surface area contributed by atoms with Crippen LogP contribution in [0.4, 0.5) is 0 Å². The van der Waals surface area contributed by atoms with Gasteiger partial charge in [0.25, 0.3) is 0 Å². The molecule has 1 fully saturated rings. The van der Waals surface area contributed by atoms with Crippen LogP contribution in [0, 0.1) is 11.3 Å². The van der Waals surface area contributed by atoms with Gasteiger partial charge < -0.3 is 0 Å². The molecule has 1 unspecified atom stereocenters. The first-order valence-electron chi connectivity index (χ1n) is 4.74. The number of rotatable bonds is 1. The predicted octanol–water partition coefficient (Wildman–Crippen LogP) is 0.889. The molecule has 0 aliphatic carbocycles. The molecule has 0 aromatic rings. The molecule has 0 spiro atoms. The van der Waals surface area contributed by atoms with Crippen molar-refractivity contribution in [2.75, 3.05) is 5.75 Å². The third-order valence-corrected chi connectivity index (χ3v) is 3.51. The Bertz CT molecular complexity index is 326. The van der Waals surface area contributed by atoms with E-state index in [-0.39, 0.29) is 23.0 Å². The minimum absolute atomic E-state index is 0.0586. The van der Waals surface area contributed by atoms with Crippen LogP contribution >= 0.6 is 0 Å². The highest BCUT2D eigenvalue weighted by molar-refractivity contribution is 7.90. The Labute approximate surface area is 85.1 Å². The van der Waals surface area contributed by atoms with E-state index in [4.69, 9.17) is 0 Å². The van der Waals surface area contributed by atoms with Gasteiger partial charge in [-0.25, -0.2) is 8.42 Å². The van der Waals surface area contributed by atoms with Gasteiger partial charge in [0.15, 0.2) is 0 Å². The van der Waals surface area contributed by atoms with Crippen LogP contribution in [0.25, 0.3) is 0 Å². The first kappa shape index (κ1) is 11.5. The van der Waals surface area contributed by atoms with Crippen LogP contribution in [-0.2, 0) is 14.8 Å². The Morgan fingerprint density at radius 1 is 1.43 bits per heavy atom. The molecule has 1 rings (SSSR count). The van der Waals surface area contributed by atoms with Gasteiger partial charge in [-0.05, 0) is 18.3 Å². The van der Waals surface area contributed by atoms with Gasteiger partial charge in [-0.3, -0.25) is 9.52 Å². The third kappa shape index (κ3) is 3.29. The molecule has 0 aromatic carbocycles. The van der Waals surface area contributed by atoms with E-state index >= 15 is 0 Å². The lowest BCUT2D eigenvalue weighted by Gasteiger charge is -2.28. The minimum Gasteiger partial charge on any atom is -0.274 e. The second-order valence-electron chi connectivity index (χ2n) is 5.04. The molecule has 1 aliphatic rings. The van der Waals surface area contributed by atoms with Crippen LogP contribution in [0.1, 0.15) is 33.6 Å². The number of hydrogen-bond donors (Lipinski definition) is 1. The molecule has 0 radical (unpaired) electrons. The molecule has 1 amide bonds. The van der Waals surface area contributed by atoms with E-state index in [1.165, 1.54) is 0 Å². The zero-order valence-corrected chi connectivity index (χ0v) is 9.65. The maximum atomic E-state index is 11.4. The summed E-state index contributed by atoms with van der Waals surface area (Å²) in [5, 5.41) is 0. The first-order valence-corrected chi connectivity index (χ1v) is 6.39. The third-order valence-electron chi connectivity index (χ3n) is 2.22. The summed E-state index contributed by atoms with van der Waals surface area (Å²) >= 11 is 0. The summed E-state index contributed by atoms with van der Waals surface area (Å²) in [5.41, 5.74) is 0.0586. The fourth-order valence-corrected chi connectivity index (χ4v) is 2.82. The van der Waals surface area contributed by atoms with E-state index in [0.29, 0.717) is 6.42 Å². The maximum absolute atomic E-state index is 11.4. The van der Waals surface area contributed by atoms with Crippen LogP contribution < -0.4 is 4.72 Å². The average Bonchev–Trinajstić information content (AvgIpc) is 1.92. The second-order valence-corrected chi connectivity index (χ2v) is 6.88. The first-order chi connectivity index (χ1) is 6.20. The van der Waals surface area contributed by atoms with Crippen molar-refractivity contribution < 1.29 is 13.2 Å². The summed E-state index contributed by atoms with van der Waals surface area (Å²) in [6.45, 7) is 6.14. The Hall–Kier alpha value is -0.580. The number of carbonyl (C=O) groups excluding carboxylic acids is 1. The van der Waals surface area contributed by atoms with E-state index in [0.717, 1.165) is 6.42 Å². The highest BCUT2D eigenvalue weighted by Gasteiger charge is 2.32. The molecule has 1 N–H and O–H groups in total. The Balaban J connectivity index is 2.64. The molecule has 0 saturated carbocycles. The lowest BCUT2D eigenvalue weighted by atomic mass is 9.83. The summed E-state index contributed by atoms with van der Waals surface area (Å²) < 4.78 is 24.1. The molecular weight excluding hydrogens is 202 g/mol. The van der Waals surface area contributed by atoms with E-state index in [9.17, 15) is 13.2 Å². The monoisotopic (exact) mass is 219 g/mol. The van der Waals surface area contributed by atoms with Gasteiger partial charge in [0.05, 0.1) is 5.75 Å². The molecule has 14 heavy (non-hydrogen) atoms. The molecule has 82 valence electrons. The summed E-state index contributed by atoms with van der Waals surface area (Å²) in [5.74, 6) is -0.427. The summed E-state index contributed by atoms with van der Waals surface area (Å²) in [7, 11) is -3.32. The molecule has 1 heterocycles. The lowest BCUT2D eigenvalue weighted by Crippen LogP contribution is -2.44. The number of carbonyl (C=O) groups is 1. The van der Waals surface area contributed by atoms with Gasteiger partial charge in [0.2, 0.25) is 15.9 Å². The van der Waals surface area contributed by atoms with Crippen molar-refractivity contribution in [3.63, 3.8) is 0 Å². The Morgan fingerprint density at radius 2 is 2.00 bits per heavy atom. The van der Waals surface area contributed by atoms with Crippen LogP contribution in [0.5, 0.6) is 0 Å². The van der Waals surface area contributed by atoms with Crippen molar-refractivity contribution >= 4 is 15.9 Å². The maximum Gasteiger partial charge on any atom is 0.236 e. The SMILES string of the molecule is CC(C)(C)CC1CCS(=O)(=O)NC1=O. The van der Waals surface area contributed by atoms with Crippen molar-refractivity contribution in [3.05, 3.63) is 0 Å². The van der Waals surface area contributed by atoms with Gasteiger partial charge in [0, 0.05) is 5.92 Å². The molecular formula is C9H17NO3S. The minimum atomic E-state index is -3.32. The molecule has 1 saturated heterocycles. The summed E-state index contributed by atoms with van der Waals surface area (Å²) in [6, 6.07) is 0. The number of amides is 1. The zero-order chi connectivity index (χ0) is 11.0.